The van der Waals surface area contributed by atoms with Crippen molar-refractivity contribution in [2.75, 3.05) is 7.11 Å². The van der Waals surface area contributed by atoms with E-state index in [-0.39, 0.29) is 29.6 Å². The molecule has 0 aliphatic rings. The molecule has 2 N–H and O–H groups in total. The summed E-state index contributed by atoms with van der Waals surface area (Å²) in [5.41, 5.74) is 0. The molecule has 0 aliphatic heterocycles. The second-order valence-corrected chi connectivity index (χ2v) is 3.56. The third-order valence-electron chi connectivity index (χ3n) is 1.07. The van der Waals surface area contributed by atoms with E-state index in [9.17, 15) is 0 Å². The fourth-order valence-electron chi connectivity index (χ4n) is 0.582. The first-order chi connectivity index (χ1) is 6.33. The van der Waals surface area contributed by atoms with E-state index < -0.39 is 10.4 Å². The molecular formula is C7H11NaO5S2. The van der Waals surface area contributed by atoms with Gasteiger partial charge in [-0.3, -0.25) is 9.11 Å². The Kier molecular flexibility index (Phi) is 9.87. The normalized spacial score (nSPS) is 9.33. The van der Waals surface area contributed by atoms with Crippen LogP contribution in [0.15, 0.2) is 29.2 Å². The number of rotatable bonds is 1. The summed E-state index contributed by atoms with van der Waals surface area (Å²) in [7, 11) is -3.02. The Morgan fingerprint density at radius 3 is 1.80 bits per heavy atom. The van der Waals surface area contributed by atoms with Crippen LogP contribution in [0.4, 0.5) is 0 Å². The van der Waals surface area contributed by atoms with Crippen molar-refractivity contribution in [3.05, 3.63) is 24.3 Å². The number of benzene rings is 1. The van der Waals surface area contributed by atoms with Crippen LogP contribution in [0.1, 0.15) is 0 Å². The number of methoxy groups -OCH3 is 1. The van der Waals surface area contributed by atoms with Crippen LogP contribution in [0.25, 0.3) is 0 Å². The average Bonchev–Trinajstić information content (AvgIpc) is 2.03. The molecule has 82 valence electrons. The molecule has 1 aromatic rings. The fourth-order valence-corrected chi connectivity index (χ4v) is 0.731. The summed E-state index contributed by atoms with van der Waals surface area (Å²) in [6.45, 7) is 0. The summed E-state index contributed by atoms with van der Waals surface area (Å²) in [5.74, 6) is 0.868. The number of ether oxygens (including phenoxy) is 1. The molecule has 0 aromatic heterocycles. The van der Waals surface area contributed by atoms with Gasteiger partial charge in [0, 0.05) is 4.90 Å². The molecule has 1 rings (SSSR count). The van der Waals surface area contributed by atoms with Crippen molar-refractivity contribution in [3.8, 4) is 5.75 Å². The van der Waals surface area contributed by atoms with Gasteiger partial charge >= 0.3 is 40.0 Å². The molecule has 0 heterocycles. The van der Waals surface area contributed by atoms with Crippen LogP contribution in [-0.2, 0) is 10.4 Å². The van der Waals surface area contributed by atoms with E-state index >= 15 is 0 Å². The fraction of sp³-hybridized carbons (Fsp3) is 0.143. The Labute approximate surface area is 116 Å². The van der Waals surface area contributed by atoms with Gasteiger partial charge in [0.25, 0.3) is 0 Å². The Balaban J connectivity index is 0. The van der Waals surface area contributed by atoms with Gasteiger partial charge in [-0.05, 0) is 24.3 Å². The van der Waals surface area contributed by atoms with Crippen molar-refractivity contribution in [3.63, 3.8) is 0 Å². The maximum atomic E-state index is 8.74. The van der Waals surface area contributed by atoms with E-state index in [0.29, 0.717) is 0 Å². The minimum absolute atomic E-state index is 0. The Bertz CT molecular complexity index is 353. The van der Waals surface area contributed by atoms with Gasteiger partial charge in [0.05, 0.1) is 7.11 Å². The molecule has 15 heavy (non-hydrogen) atoms. The third-order valence-corrected chi connectivity index (χ3v) is 1.37. The van der Waals surface area contributed by atoms with Crippen molar-refractivity contribution in [2.24, 2.45) is 0 Å². The topological polar surface area (TPSA) is 83.8 Å². The molecule has 0 saturated carbocycles. The first-order valence-corrected chi connectivity index (χ1v) is 5.20. The Hall–Kier alpha value is 0.240. The average molecular weight is 262 g/mol. The molecule has 0 unspecified atom stereocenters. The van der Waals surface area contributed by atoms with E-state index in [2.05, 4.69) is 12.6 Å². The van der Waals surface area contributed by atoms with E-state index in [1.54, 1.807) is 7.11 Å². The molecule has 0 saturated heterocycles. The molecule has 5 nitrogen and oxygen atoms in total. The SMILES string of the molecule is COc1ccc(S)cc1.O=S(=O)(O)O.[NaH]. The second kappa shape index (κ2) is 8.40. The third kappa shape index (κ3) is 14.2. The van der Waals surface area contributed by atoms with Crippen LogP contribution in [0.3, 0.4) is 0 Å². The van der Waals surface area contributed by atoms with Crippen LogP contribution < -0.4 is 4.74 Å². The summed E-state index contributed by atoms with van der Waals surface area (Å²) in [5, 5.41) is 0. The van der Waals surface area contributed by atoms with Gasteiger partial charge in [-0.15, -0.1) is 12.6 Å². The standard InChI is InChI=1S/C7H8OS.Na.H2O4S.H/c1-8-6-2-4-7(9)5-3-6;;1-5(2,3)4;/h2-5,9H,1H3;;(H2,1,2,3,4);. The van der Waals surface area contributed by atoms with Crippen LogP contribution >= 0.6 is 12.6 Å². The molecule has 1 aromatic carbocycles. The summed E-state index contributed by atoms with van der Waals surface area (Å²) >= 11 is 4.11. The van der Waals surface area contributed by atoms with Gasteiger partial charge in [0.15, 0.2) is 0 Å². The van der Waals surface area contributed by atoms with Gasteiger partial charge in [0.1, 0.15) is 5.75 Å². The van der Waals surface area contributed by atoms with Gasteiger partial charge in [-0.2, -0.15) is 8.42 Å². The van der Waals surface area contributed by atoms with Gasteiger partial charge < -0.3 is 4.74 Å². The van der Waals surface area contributed by atoms with E-state index in [4.69, 9.17) is 22.3 Å². The monoisotopic (exact) mass is 262 g/mol. The zero-order chi connectivity index (χ0) is 11.2. The van der Waals surface area contributed by atoms with E-state index in [1.165, 1.54) is 0 Å². The number of hydrogen-bond acceptors (Lipinski definition) is 4. The van der Waals surface area contributed by atoms with Crippen LogP contribution in [0, 0.1) is 0 Å². The molecule has 0 aliphatic carbocycles. The van der Waals surface area contributed by atoms with Crippen molar-refractivity contribution >= 4 is 52.6 Å². The van der Waals surface area contributed by atoms with Gasteiger partial charge in [0.2, 0.25) is 0 Å². The molecule has 0 atom stereocenters. The van der Waals surface area contributed by atoms with Crippen molar-refractivity contribution in [2.45, 2.75) is 4.90 Å². The molecular weight excluding hydrogens is 251 g/mol. The Morgan fingerprint density at radius 1 is 1.20 bits per heavy atom. The van der Waals surface area contributed by atoms with Crippen LogP contribution in [-0.4, -0.2) is 54.2 Å². The quantitative estimate of drug-likeness (QED) is 0.394. The van der Waals surface area contributed by atoms with Crippen LogP contribution in [0.5, 0.6) is 5.75 Å². The molecule has 0 bridgehead atoms. The van der Waals surface area contributed by atoms with Gasteiger partial charge in [-0.1, -0.05) is 0 Å². The van der Waals surface area contributed by atoms with Crippen molar-refractivity contribution in [1.29, 1.82) is 0 Å². The first-order valence-electron chi connectivity index (χ1n) is 3.36. The molecule has 8 heteroatoms. The number of thiol groups is 1. The Morgan fingerprint density at radius 2 is 1.53 bits per heavy atom. The molecule has 0 fully saturated rings. The minimum atomic E-state index is -4.67. The zero-order valence-electron chi connectivity index (χ0n) is 7.28. The molecule has 0 radical (unpaired) electrons. The summed E-state index contributed by atoms with van der Waals surface area (Å²) < 4.78 is 36.5. The van der Waals surface area contributed by atoms with Crippen molar-refractivity contribution in [1.82, 2.24) is 0 Å². The summed E-state index contributed by atoms with van der Waals surface area (Å²) in [4.78, 5) is 0.954. The number of hydrogen-bond donors (Lipinski definition) is 3. The molecule has 0 amide bonds. The van der Waals surface area contributed by atoms with Gasteiger partial charge in [-0.25, -0.2) is 0 Å². The summed E-state index contributed by atoms with van der Waals surface area (Å²) in [6.07, 6.45) is 0. The first kappa shape index (κ1) is 17.6. The molecule has 0 spiro atoms. The van der Waals surface area contributed by atoms with Crippen LogP contribution in [0.2, 0.25) is 0 Å². The van der Waals surface area contributed by atoms with Crippen molar-refractivity contribution < 1.29 is 22.3 Å². The zero-order valence-corrected chi connectivity index (χ0v) is 8.99. The summed E-state index contributed by atoms with van der Waals surface area (Å²) in [6, 6.07) is 7.54. The predicted molar refractivity (Wildman–Crippen MR) is 61.6 cm³/mol. The second-order valence-electron chi connectivity index (χ2n) is 2.15. The van der Waals surface area contributed by atoms with E-state index in [0.717, 1.165) is 10.6 Å². The predicted octanol–water partition coefficient (Wildman–Crippen LogP) is 0.683. The van der Waals surface area contributed by atoms with E-state index in [1.807, 2.05) is 24.3 Å². The maximum absolute atomic E-state index is 8.74.